The summed E-state index contributed by atoms with van der Waals surface area (Å²) in [6.07, 6.45) is 0. The van der Waals surface area contributed by atoms with E-state index < -0.39 is 27.4 Å². The van der Waals surface area contributed by atoms with Crippen LogP contribution in [0.5, 0.6) is 0 Å². The Kier molecular flexibility index (Phi) is 7.35. The highest BCUT2D eigenvalue weighted by Crippen LogP contribution is 2.01. The maximum atomic E-state index is 5.86. The molecule has 0 aromatic rings. The van der Waals surface area contributed by atoms with Crippen molar-refractivity contribution in [3.05, 3.63) is 0 Å². The Balaban J connectivity index is 3.51. The molecule has 2 nitrogen and oxygen atoms in total. The van der Waals surface area contributed by atoms with Gasteiger partial charge in [-0.1, -0.05) is 13.8 Å². The first-order valence-corrected chi connectivity index (χ1v) is 11.9. The minimum Gasteiger partial charge on any atom is -0.441 e. The van der Waals surface area contributed by atoms with Crippen LogP contribution in [0.15, 0.2) is 0 Å². The van der Waals surface area contributed by atoms with Crippen LogP contribution in [0.3, 0.4) is 0 Å². The summed E-state index contributed by atoms with van der Waals surface area (Å²) in [5, 5.41) is 0. The highest BCUT2D eigenvalue weighted by molar-refractivity contribution is 6.67. The summed E-state index contributed by atoms with van der Waals surface area (Å²) >= 11 is 0. The molecule has 0 aliphatic rings. The minimum absolute atomic E-state index is 0.850. The van der Waals surface area contributed by atoms with Gasteiger partial charge in [0.05, 0.1) is 0 Å². The lowest BCUT2D eigenvalue weighted by Crippen LogP contribution is -2.31. The number of rotatable bonds is 6. The van der Waals surface area contributed by atoms with Crippen LogP contribution in [0.2, 0.25) is 31.7 Å². The van der Waals surface area contributed by atoms with E-state index in [9.17, 15) is 0 Å². The highest BCUT2D eigenvalue weighted by atomic mass is 28.4. The molecule has 0 aliphatic carbocycles. The third-order valence-corrected chi connectivity index (χ3v) is 11.1. The van der Waals surface area contributed by atoms with Crippen LogP contribution in [0, 0.1) is 0 Å². The van der Waals surface area contributed by atoms with Crippen molar-refractivity contribution in [3.8, 4) is 0 Å². The smallest absolute Gasteiger partial charge is 0.297 e. The van der Waals surface area contributed by atoms with Crippen LogP contribution in [-0.4, -0.2) is 27.4 Å². The van der Waals surface area contributed by atoms with Crippen molar-refractivity contribution < 1.29 is 8.23 Å². The van der Waals surface area contributed by atoms with Gasteiger partial charge in [0, 0.05) is 0 Å². The Morgan fingerprint density at radius 1 is 0.833 bits per heavy atom. The second-order valence-corrected chi connectivity index (χ2v) is 11.5. The SMILES string of the molecule is CC[SiH](C)O[SiH](C)O[SiH](C)CC. The Morgan fingerprint density at radius 2 is 1.17 bits per heavy atom. The zero-order valence-electron chi connectivity index (χ0n) is 8.96. The Morgan fingerprint density at radius 3 is 1.42 bits per heavy atom. The molecule has 0 N–H and O–H groups in total. The number of hydrogen-bond donors (Lipinski definition) is 0. The van der Waals surface area contributed by atoms with Crippen molar-refractivity contribution in [1.29, 1.82) is 0 Å². The summed E-state index contributed by atoms with van der Waals surface area (Å²) in [5.41, 5.74) is 0. The van der Waals surface area contributed by atoms with Crippen molar-refractivity contribution >= 4 is 27.4 Å². The van der Waals surface area contributed by atoms with Crippen LogP contribution >= 0.6 is 0 Å². The molecule has 2 atom stereocenters. The predicted octanol–water partition coefficient (Wildman–Crippen LogP) is 1.62. The van der Waals surface area contributed by atoms with E-state index in [1.807, 2.05) is 0 Å². The lowest BCUT2D eigenvalue weighted by atomic mass is 11.0. The van der Waals surface area contributed by atoms with Crippen LogP contribution in [0.25, 0.3) is 0 Å². The molecule has 0 aromatic heterocycles. The molecule has 0 saturated heterocycles. The van der Waals surface area contributed by atoms with E-state index in [0.29, 0.717) is 0 Å². The van der Waals surface area contributed by atoms with Gasteiger partial charge in [-0.25, -0.2) is 0 Å². The average Bonchev–Trinajstić information content (AvgIpc) is 2.03. The molecule has 0 aliphatic heterocycles. The largest absolute Gasteiger partial charge is 0.441 e. The summed E-state index contributed by atoms with van der Waals surface area (Å²) < 4.78 is 11.7. The quantitative estimate of drug-likeness (QED) is 0.636. The monoisotopic (exact) mass is 222 g/mol. The molecular formula is C7H22O2Si3. The van der Waals surface area contributed by atoms with Crippen LogP contribution in [0.4, 0.5) is 0 Å². The molecule has 74 valence electrons. The Labute approximate surface area is 81.6 Å². The zero-order valence-corrected chi connectivity index (χ0v) is 12.4. The van der Waals surface area contributed by atoms with Gasteiger partial charge in [-0.2, -0.15) is 0 Å². The third kappa shape index (κ3) is 6.13. The molecule has 2 unspecified atom stereocenters. The molecule has 12 heavy (non-hydrogen) atoms. The molecule has 0 spiro atoms. The summed E-state index contributed by atoms with van der Waals surface area (Å²) in [6, 6.07) is 2.45. The van der Waals surface area contributed by atoms with Gasteiger partial charge in [0.2, 0.25) is 0 Å². The van der Waals surface area contributed by atoms with E-state index in [-0.39, 0.29) is 0 Å². The number of hydrogen-bond acceptors (Lipinski definition) is 2. The Bertz CT molecular complexity index is 101. The normalized spacial score (nSPS) is 18.8. The standard InChI is InChI=1S/C7H22O2Si3/c1-6-10(3)8-12(5)9-11(4)7-2/h10-12H,6-7H2,1-5H3. The second kappa shape index (κ2) is 7.02. The molecule has 0 bridgehead atoms. The lowest BCUT2D eigenvalue weighted by molar-refractivity contribution is 0.443. The van der Waals surface area contributed by atoms with Gasteiger partial charge in [0.25, 0.3) is 9.28 Å². The summed E-state index contributed by atoms with van der Waals surface area (Å²) in [5.74, 6) is 0. The molecule has 0 saturated carbocycles. The van der Waals surface area contributed by atoms with Crippen molar-refractivity contribution in [2.75, 3.05) is 0 Å². The first-order chi connectivity index (χ1) is 5.60. The Hall–Kier alpha value is 0.571. The van der Waals surface area contributed by atoms with Gasteiger partial charge in [-0.05, 0) is 31.7 Å². The lowest BCUT2D eigenvalue weighted by Gasteiger charge is -2.19. The maximum Gasteiger partial charge on any atom is 0.297 e. The molecule has 0 rings (SSSR count). The van der Waals surface area contributed by atoms with Crippen LogP contribution in [-0.2, 0) is 8.23 Å². The predicted molar refractivity (Wildman–Crippen MR) is 62.2 cm³/mol. The van der Waals surface area contributed by atoms with Gasteiger partial charge < -0.3 is 8.23 Å². The van der Waals surface area contributed by atoms with Gasteiger partial charge in [0.15, 0.2) is 18.1 Å². The molecule has 5 heteroatoms. The second-order valence-electron chi connectivity index (χ2n) is 3.28. The molecule has 0 radical (unpaired) electrons. The van der Waals surface area contributed by atoms with Crippen molar-refractivity contribution in [2.24, 2.45) is 0 Å². The molecule has 0 heterocycles. The van der Waals surface area contributed by atoms with E-state index in [4.69, 9.17) is 8.23 Å². The third-order valence-electron chi connectivity index (χ3n) is 2.00. The van der Waals surface area contributed by atoms with E-state index >= 15 is 0 Å². The van der Waals surface area contributed by atoms with E-state index in [1.54, 1.807) is 0 Å². The maximum absolute atomic E-state index is 5.86. The summed E-state index contributed by atoms with van der Waals surface area (Å²) in [7, 11) is -2.93. The van der Waals surface area contributed by atoms with Gasteiger partial charge in [-0.3, -0.25) is 0 Å². The first-order valence-electron chi connectivity index (χ1n) is 4.91. The highest BCUT2D eigenvalue weighted by Gasteiger charge is 2.13. The fourth-order valence-corrected chi connectivity index (χ4v) is 8.49. The van der Waals surface area contributed by atoms with Crippen LogP contribution in [0.1, 0.15) is 13.8 Å². The van der Waals surface area contributed by atoms with Gasteiger partial charge >= 0.3 is 0 Å². The summed E-state index contributed by atoms with van der Waals surface area (Å²) in [4.78, 5) is 0. The van der Waals surface area contributed by atoms with Crippen LogP contribution < -0.4 is 0 Å². The average molecular weight is 223 g/mol. The van der Waals surface area contributed by atoms with Crippen molar-refractivity contribution in [3.63, 3.8) is 0 Å². The summed E-state index contributed by atoms with van der Waals surface area (Å²) in [6.45, 7) is 11.1. The fourth-order valence-electron chi connectivity index (χ4n) is 0.879. The fraction of sp³-hybridized carbons (Fsp3) is 1.00. The topological polar surface area (TPSA) is 18.5 Å². The van der Waals surface area contributed by atoms with E-state index in [1.165, 1.54) is 12.1 Å². The molecule has 0 aromatic carbocycles. The molecule has 0 fully saturated rings. The minimum atomic E-state index is -1.23. The molecular weight excluding hydrogens is 200 g/mol. The van der Waals surface area contributed by atoms with E-state index in [2.05, 4.69) is 33.5 Å². The van der Waals surface area contributed by atoms with E-state index in [0.717, 1.165) is 0 Å². The first kappa shape index (κ1) is 12.6. The zero-order chi connectivity index (χ0) is 9.56. The van der Waals surface area contributed by atoms with Crippen molar-refractivity contribution in [1.82, 2.24) is 0 Å². The van der Waals surface area contributed by atoms with Crippen molar-refractivity contribution in [2.45, 2.75) is 45.6 Å². The molecule has 0 amide bonds. The van der Waals surface area contributed by atoms with Gasteiger partial charge in [0.1, 0.15) is 0 Å². The van der Waals surface area contributed by atoms with Gasteiger partial charge in [-0.15, -0.1) is 0 Å².